The zero-order chi connectivity index (χ0) is 12.6. The molecule has 0 radical (unpaired) electrons. The monoisotopic (exact) mass is 256 g/mol. The summed E-state index contributed by atoms with van der Waals surface area (Å²) in [6, 6.07) is -0.971. The van der Waals surface area contributed by atoms with Gasteiger partial charge in [0.15, 0.2) is 0 Å². The van der Waals surface area contributed by atoms with Gasteiger partial charge in [-0.2, -0.15) is 0 Å². The van der Waals surface area contributed by atoms with Crippen molar-refractivity contribution in [1.82, 2.24) is 0 Å². The van der Waals surface area contributed by atoms with Gasteiger partial charge in [0.25, 0.3) is 0 Å². The van der Waals surface area contributed by atoms with Crippen molar-refractivity contribution in [2.45, 2.75) is 45.6 Å². The Labute approximate surface area is 95.7 Å². The van der Waals surface area contributed by atoms with Crippen LogP contribution < -0.4 is 0 Å². The molecule has 1 unspecified atom stereocenters. The fourth-order valence-corrected chi connectivity index (χ4v) is 2.14. The molecule has 0 rings (SSSR count). The first-order valence-corrected chi connectivity index (χ1v) is 7.44. The lowest BCUT2D eigenvalue weighted by Gasteiger charge is -2.11. The quantitative estimate of drug-likeness (QED) is 0.287. The summed E-state index contributed by atoms with van der Waals surface area (Å²) in [5, 5.41) is 0. The molecule has 0 heterocycles. The molecule has 0 aliphatic carbocycles. The van der Waals surface area contributed by atoms with E-state index in [0.717, 1.165) is 25.7 Å². The molecular formula is C10H19F3O2Si. The average molecular weight is 256 g/mol. The minimum atomic E-state index is -5.64. The molecule has 1 atom stereocenters. The van der Waals surface area contributed by atoms with Crippen LogP contribution in [0.1, 0.15) is 39.5 Å². The summed E-state index contributed by atoms with van der Waals surface area (Å²) in [6.07, 6.45) is 3.81. The largest absolute Gasteiger partial charge is 0.616 e. The standard InChI is InChI=1S/C10H19F3O2Si/c1-3-4-5-6-7-15-10(14)9(2)8-16(11,12)13/h9H,3-8H2,1-2H3. The number of carbonyl (C=O) groups excluding carboxylic acids is 1. The van der Waals surface area contributed by atoms with Gasteiger partial charge in [-0.05, 0) is 6.42 Å². The normalized spacial score (nSPS) is 13.6. The first-order chi connectivity index (χ1) is 7.37. The van der Waals surface area contributed by atoms with Gasteiger partial charge in [0.05, 0.1) is 12.5 Å². The molecule has 0 fully saturated rings. The SMILES string of the molecule is CCCCCCOC(=O)C(C)C[Si](F)(F)F. The van der Waals surface area contributed by atoms with Crippen LogP contribution in [0, 0.1) is 5.92 Å². The minimum Gasteiger partial charge on any atom is -0.465 e. The van der Waals surface area contributed by atoms with Crippen LogP contribution in [0.15, 0.2) is 0 Å². The van der Waals surface area contributed by atoms with Gasteiger partial charge in [-0.3, -0.25) is 4.79 Å². The van der Waals surface area contributed by atoms with E-state index in [1.807, 2.05) is 0 Å². The topological polar surface area (TPSA) is 26.3 Å². The molecule has 0 aromatic heterocycles. The summed E-state index contributed by atoms with van der Waals surface area (Å²) in [6.45, 7) is 3.57. The summed E-state index contributed by atoms with van der Waals surface area (Å²) in [5.41, 5.74) is 0. The van der Waals surface area contributed by atoms with E-state index in [1.54, 1.807) is 0 Å². The second-order valence-corrected chi connectivity index (χ2v) is 5.59. The van der Waals surface area contributed by atoms with E-state index in [4.69, 9.17) is 4.74 Å². The van der Waals surface area contributed by atoms with Gasteiger partial charge in [-0.15, -0.1) is 0 Å². The van der Waals surface area contributed by atoms with Crippen LogP contribution in [0.5, 0.6) is 0 Å². The maximum absolute atomic E-state index is 12.1. The van der Waals surface area contributed by atoms with Gasteiger partial charge in [-0.1, -0.05) is 33.1 Å². The third kappa shape index (κ3) is 8.76. The molecule has 0 amide bonds. The molecule has 0 bridgehead atoms. The molecule has 2 nitrogen and oxygen atoms in total. The Morgan fingerprint density at radius 1 is 1.25 bits per heavy atom. The number of halogens is 3. The predicted octanol–water partition coefficient (Wildman–Crippen LogP) is 3.59. The minimum absolute atomic E-state index is 0.239. The van der Waals surface area contributed by atoms with Gasteiger partial charge < -0.3 is 4.74 Å². The van der Waals surface area contributed by atoms with Crippen LogP contribution in [-0.2, 0) is 9.53 Å². The molecular weight excluding hydrogens is 237 g/mol. The Hall–Kier alpha value is -0.523. The maximum atomic E-state index is 12.1. The van der Waals surface area contributed by atoms with Crippen molar-refractivity contribution in [2.24, 2.45) is 5.92 Å². The summed E-state index contributed by atoms with van der Waals surface area (Å²) in [5.74, 6) is -1.76. The highest BCUT2D eigenvalue weighted by molar-refractivity contribution is 6.58. The van der Waals surface area contributed by atoms with Gasteiger partial charge in [-0.25, -0.2) is 12.3 Å². The molecule has 0 saturated carbocycles. The molecule has 96 valence electrons. The van der Waals surface area contributed by atoms with Crippen molar-refractivity contribution in [3.63, 3.8) is 0 Å². The van der Waals surface area contributed by atoms with Crippen LogP contribution in [0.4, 0.5) is 12.3 Å². The first-order valence-electron chi connectivity index (χ1n) is 5.60. The van der Waals surface area contributed by atoms with Crippen LogP contribution in [0.3, 0.4) is 0 Å². The van der Waals surface area contributed by atoms with Gasteiger partial charge in [0, 0.05) is 6.04 Å². The average Bonchev–Trinajstić information content (AvgIpc) is 2.14. The highest BCUT2D eigenvalue weighted by atomic mass is 28.5. The second-order valence-electron chi connectivity index (χ2n) is 3.95. The molecule has 0 aliphatic rings. The summed E-state index contributed by atoms with van der Waals surface area (Å²) in [7, 11) is -5.64. The van der Waals surface area contributed by atoms with Gasteiger partial charge in [0.1, 0.15) is 0 Å². The predicted molar refractivity (Wildman–Crippen MR) is 58.2 cm³/mol. The Morgan fingerprint density at radius 2 is 1.88 bits per heavy atom. The smallest absolute Gasteiger partial charge is 0.465 e. The van der Waals surface area contributed by atoms with E-state index in [2.05, 4.69) is 6.92 Å². The Bertz CT molecular complexity index is 207. The number of carbonyl (C=O) groups is 1. The lowest BCUT2D eigenvalue weighted by atomic mass is 10.2. The van der Waals surface area contributed by atoms with Crippen LogP contribution in [-0.4, -0.2) is 21.7 Å². The Balaban J connectivity index is 3.64. The van der Waals surface area contributed by atoms with Crippen molar-refractivity contribution < 1.29 is 21.9 Å². The zero-order valence-electron chi connectivity index (χ0n) is 9.77. The molecule has 0 aliphatic heterocycles. The summed E-state index contributed by atoms with van der Waals surface area (Å²) in [4.78, 5) is 11.2. The van der Waals surface area contributed by atoms with Gasteiger partial charge >= 0.3 is 15.0 Å². The molecule has 16 heavy (non-hydrogen) atoms. The van der Waals surface area contributed by atoms with Crippen molar-refractivity contribution in [3.8, 4) is 0 Å². The third-order valence-corrected chi connectivity index (χ3v) is 3.26. The number of rotatable bonds is 8. The van der Waals surface area contributed by atoms with Gasteiger partial charge in [0.2, 0.25) is 0 Å². The lowest BCUT2D eigenvalue weighted by Crippen LogP contribution is -2.25. The van der Waals surface area contributed by atoms with Crippen molar-refractivity contribution in [3.05, 3.63) is 0 Å². The van der Waals surface area contributed by atoms with E-state index in [9.17, 15) is 17.1 Å². The fraction of sp³-hybridized carbons (Fsp3) is 0.900. The summed E-state index contributed by atoms with van der Waals surface area (Å²) >= 11 is 0. The van der Waals surface area contributed by atoms with E-state index in [0.29, 0.717) is 0 Å². The zero-order valence-corrected chi connectivity index (χ0v) is 10.8. The molecule has 0 aromatic rings. The molecule has 0 saturated heterocycles. The molecule has 0 N–H and O–H groups in total. The van der Waals surface area contributed by atoms with Crippen molar-refractivity contribution in [2.75, 3.05) is 6.61 Å². The van der Waals surface area contributed by atoms with Crippen LogP contribution in [0.2, 0.25) is 6.04 Å². The number of unbranched alkanes of at least 4 members (excludes halogenated alkanes) is 3. The Morgan fingerprint density at radius 3 is 2.38 bits per heavy atom. The van der Waals surface area contributed by atoms with Crippen molar-refractivity contribution in [1.29, 1.82) is 0 Å². The van der Waals surface area contributed by atoms with E-state index in [-0.39, 0.29) is 6.61 Å². The first kappa shape index (κ1) is 15.5. The lowest BCUT2D eigenvalue weighted by molar-refractivity contribution is -0.147. The van der Waals surface area contributed by atoms with Crippen LogP contribution >= 0.6 is 0 Å². The fourth-order valence-electron chi connectivity index (χ4n) is 1.27. The van der Waals surface area contributed by atoms with E-state index in [1.165, 1.54) is 6.92 Å². The summed E-state index contributed by atoms with van der Waals surface area (Å²) < 4.78 is 41.0. The van der Waals surface area contributed by atoms with E-state index < -0.39 is 27.0 Å². The molecule has 6 heteroatoms. The third-order valence-electron chi connectivity index (χ3n) is 2.18. The number of ether oxygens (including phenoxy) is 1. The number of esters is 1. The highest BCUT2D eigenvalue weighted by Gasteiger charge is 2.40. The van der Waals surface area contributed by atoms with Crippen molar-refractivity contribution >= 4 is 15.0 Å². The number of hydrogen-bond acceptors (Lipinski definition) is 2. The molecule has 0 aromatic carbocycles. The highest BCUT2D eigenvalue weighted by Crippen LogP contribution is 2.21. The second kappa shape index (κ2) is 7.70. The van der Waals surface area contributed by atoms with E-state index >= 15 is 0 Å². The van der Waals surface area contributed by atoms with Crippen LogP contribution in [0.25, 0.3) is 0 Å². The Kier molecular flexibility index (Phi) is 7.45. The maximum Gasteiger partial charge on any atom is 0.616 e. The molecule has 0 spiro atoms. The number of hydrogen-bond donors (Lipinski definition) is 0.